The molecule has 0 fully saturated rings. The number of hydrogen-bond acceptors (Lipinski definition) is 6. The van der Waals surface area contributed by atoms with Gasteiger partial charge in [0.1, 0.15) is 11.2 Å². The standard InChI is InChI=1S/C16H17N3O3S2/c1-19-8-12(15(18-19)22-2)14(20)17-10-16(21,11-5-7-23-9-11)13-4-3-6-24-13/h3-9,21H,10H2,1-2H3,(H,17,20)/t16-/m0/s1. The second kappa shape index (κ2) is 6.76. The van der Waals surface area contributed by atoms with Crippen LogP contribution in [0.25, 0.3) is 0 Å². The molecule has 3 rings (SSSR count). The third-order valence-electron chi connectivity index (χ3n) is 3.67. The molecule has 0 bridgehead atoms. The van der Waals surface area contributed by atoms with Gasteiger partial charge in [0.2, 0.25) is 5.88 Å². The van der Waals surface area contributed by atoms with Crippen LogP contribution in [0.1, 0.15) is 20.8 Å². The Kier molecular flexibility index (Phi) is 4.70. The number of nitrogens with one attached hydrogen (secondary N) is 1. The maximum Gasteiger partial charge on any atom is 0.258 e. The summed E-state index contributed by atoms with van der Waals surface area (Å²) in [5.74, 6) is -0.0876. The minimum Gasteiger partial charge on any atom is -0.479 e. The van der Waals surface area contributed by atoms with Crippen LogP contribution in [0.2, 0.25) is 0 Å². The van der Waals surface area contributed by atoms with Gasteiger partial charge in [-0.1, -0.05) is 6.07 Å². The van der Waals surface area contributed by atoms with Crippen molar-refractivity contribution in [3.05, 3.63) is 56.5 Å². The van der Waals surface area contributed by atoms with Gasteiger partial charge in [-0.3, -0.25) is 9.48 Å². The quantitative estimate of drug-likeness (QED) is 0.704. The van der Waals surface area contributed by atoms with E-state index in [0.29, 0.717) is 5.56 Å². The molecule has 3 heterocycles. The van der Waals surface area contributed by atoms with Gasteiger partial charge in [-0.2, -0.15) is 11.3 Å². The highest BCUT2D eigenvalue weighted by Crippen LogP contribution is 2.33. The van der Waals surface area contributed by atoms with Crippen LogP contribution in [0, 0.1) is 0 Å². The summed E-state index contributed by atoms with van der Waals surface area (Å²) in [4.78, 5) is 13.3. The Balaban J connectivity index is 1.83. The lowest BCUT2D eigenvalue weighted by Gasteiger charge is -2.26. The van der Waals surface area contributed by atoms with Gasteiger partial charge in [0.15, 0.2) is 0 Å². The van der Waals surface area contributed by atoms with E-state index in [1.165, 1.54) is 34.5 Å². The number of aryl methyl sites for hydroxylation is 1. The summed E-state index contributed by atoms with van der Waals surface area (Å²) in [5, 5.41) is 23.8. The molecule has 0 aromatic carbocycles. The van der Waals surface area contributed by atoms with Crippen molar-refractivity contribution in [3.63, 3.8) is 0 Å². The molecule has 3 aromatic rings. The zero-order chi connectivity index (χ0) is 17.2. The number of thiophene rings is 2. The molecule has 0 radical (unpaired) electrons. The summed E-state index contributed by atoms with van der Waals surface area (Å²) in [6, 6.07) is 5.60. The largest absolute Gasteiger partial charge is 0.479 e. The lowest BCUT2D eigenvalue weighted by molar-refractivity contribution is 0.0719. The van der Waals surface area contributed by atoms with E-state index in [0.717, 1.165) is 10.4 Å². The number of nitrogens with zero attached hydrogens (tertiary/aromatic N) is 2. The third kappa shape index (κ3) is 3.08. The van der Waals surface area contributed by atoms with Crippen LogP contribution in [-0.4, -0.2) is 34.4 Å². The highest BCUT2D eigenvalue weighted by molar-refractivity contribution is 7.10. The Hall–Kier alpha value is -2.16. The summed E-state index contributed by atoms with van der Waals surface area (Å²) < 4.78 is 6.62. The van der Waals surface area contributed by atoms with Crippen LogP contribution in [0.4, 0.5) is 0 Å². The fourth-order valence-electron chi connectivity index (χ4n) is 2.42. The number of aromatic nitrogens is 2. The minimum absolute atomic E-state index is 0.0567. The Bertz CT molecular complexity index is 776. The summed E-state index contributed by atoms with van der Waals surface area (Å²) in [6.07, 6.45) is 1.59. The van der Waals surface area contributed by atoms with Crippen molar-refractivity contribution in [2.24, 2.45) is 7.05 Å². The van der Waals surface area contributed by atoms with Crippen LogP contribution < -0.4 is 10.1 Å². The number of carbonyl (C=O) groups excluding carboxylic acids is 1. The summed E-state index contributed by atoms with van der Waals surface area (Å²) in [6.45, 7) is 0.0567. The van der Waals surface area contributed by atoms with Gasteiger partial charge < -0.3 is 15.2 Å². The van der Waals surface area contributed by atoms with Crippen molar-refractivity contribution in [1.29, 1.82) is 0 Å². The Morgan fingerprint density at radius 1 is 1.46 bits per heavy atom. The molecule has 0 saturated carbocycles. The van der Waals surface area contributed by atoms with Crippen molar-refractivity contribution >= 4 is 28.6 Å². The second-order valence-electron chi connectivity index (χ2n) is 5.26. The molecule has 0 spiro atoms. The van der Waals surface area contributed by atoms with Crippen molar-refractivity contribution in [2.45, 2.75) is 5.60 Å². The maximum atomic E-state index is 12.5. The molecule has 0 aliphatic carbocycles. The van der Waals surface area contributed by atoms with E-state index >= 15 is 0 Å². The zero-order valence-corrected chi connectivity index (χ0v) is 14.9. The van der Waals surface area contributed by atoms with Gasteiger partial charge in [-0.15, -0.1) is 16.4 Å². The SMILES string of the molecule is COc1nn(C)cc1C(=O)NC[C@](O)(c1ccsc1)c1cccs1. The van der Waals surface area contributed by atoms with Crippen LogP contribution in [0.15, 0.2) is 40.5 Å². The van der Waals surface area contributed by atoms with Gasteiger partial charge in [0, 0.05) is 23.7 Å². The summed E-state index contributed by atoms with van der Waals surface area (Å²) >= 11 is 2.95. The molecule has 1 amide bonds. The Morgan fingerprint density at radius 2 is 2.29 bits per heavy atom. The van der Waals surface area contributed by atoms with E-state index in [4.69, 9.17) is 4.74 Å². The smallest absolute Gasteiger partial charge is 0.258 e. The number of aliphatic hydroxyl groups is 1. The molecule has 8 heteroatoms. The molecule has 0 aliphatic heterocycles. The number of rotatable bonds is 6. The van der Waals surface area contributed by atoms with E-state index in [1.54, 1.807) is 13.2 Å². The molecule has 0 saturated heterocycles. The number of methoxy groups -OCH3 is 1. The highest BCUT2D eigenvalue weighted by Gasteiger charge is 2.34. The predicted octanol–water partition coefficient (Wildman–Crippen LogP) is 2.22. The fraction of sp³-hybridized carbons (Fsp3) is 0.250. The Labute approximate surface area is 147 Å². The number of amides is 1. The molecule has 0 unspecified atom stereocenters. The average Bonchev–Trinajstić information content (AvgIpc) is 3.32. The first-order chi connectivity index (χ1) is 11.5. The predicted molar refractivity (Wildman–Crippen MR) is 93.7 cm³/mol. The van der Waals surface area contributed by atoms with Gasteiger partial charge >= 0.3 is 0 Å². The summed E-state index contributed by atoms with van der Waals surface area (Å²) in [7, 11) is 3.18. The Morgan fingerprint density at radius 3 is 2.92 bits per heavy atom. The molecule has 1 atom stereocenters. The molecular formula is C16H17N3O3S2. The molecule has 126 valence electrons. The van der Waals surface area contributed by atoms with Crippen LogP contribution in [0.5, 0.6) is 5.88 Å². The van der Waals surface area contributed by atoms with Crippen molar-refractivity contribution in [3.8, 4) is 5.88 Å². The monoisotopic (exact) mass is 363 g/mol. The second-order valence-corrected chi connectivity index (χ2v) is 6.99. The third-order valence-corrected chi connectivity index (χ3v) is 5.37. The normalized spacial score (nSPS) is 13.5. The topological polar surface area (TPSA) is 76.4 Å². The average molecular weight is 363 g/mol. The molecular weight excluding hydrogens is 346 g/mol. The first-order valence-corrected chi connectivity index (χ1v) is 9.01. The fourth-order valence-corrected chi connectivity index (χ4v) is 3.99. The lowest BCUT2D eigenvalue weighted by atomic mass is 9.94. The first-order valence-electron chi connectivity index (χ1n) is 7.19. The van der Waals surface area contributed by atoms with E-state index in [9.17, 15) is 9.90 Å². The van der Waals surface area contributed by atoms with E-state index in [1.807, 2.05) is 34.3 Å². The van der Waals surface area contributed by atoms with Crippen LogP contribution >= 0.6 is 22.7 Å². The van der Waals surface area contributed by atoms with E-state index < -0.39 is 5.60 Å². The van der Waals surface area contributed by atoms with Gasteiger partial charge in [0.05, 0.1) is 13.7 Å². The van der Waals surface area contributed by atoms with Gasteiger partial charge in [-0.05, 0) is 28.3 Å². The van der Waals surface area contributed by atoms with Crippen LogP contribution in [0.3, 0.4) is 0 Å². The minimum atomic E-state index is -1.26. The lowest BCUT2D eigenvalue weighted by Crippen LogP contribution is -2.41. The van der Waals surface area contributed by atoms with Gasteiger partial charge in [0.25, 0.3) is 5.91 Å². The first kappa shape index (κ1) is 16.7. The number of hydrogen-bond donors (Lipinski definition) is 2. The molecule has 2 N–H and O–H groups in total. The number of ether oxygens (including phenoxy) is 1. The van der Waals surface area contributed by atoms with E-state index in [2.05, 4.69) is 10.4 Å². The molecule has 24 heavy (non-hydrogen) atoms. The van der Waals surface area contributed by atoms with E-state index in [-0.39, 0.29) is 18.3 Å². The maximum absolute atomic E-state index is 12.5. The van der Waals surface area contributed by atoms with Gasteiger partial charge in [-0.25, -0.2) is 0 Å². The molecule has 6 nitrogen and oxygen atoms in total. The molecule has 0 aliphatic rings. The van der Waals surface area contributed by atoms with Crippen molar-refractivity contribution in [2.75, 3.05) is 13.7 Å². The highest BCUT2D eigenvalue weighted by atomic mass is 32.1. The van der Waals surface area contributed by atoms with Crippen LogP contribution in [-0.2, 0) is 12.6 Å². The van der Waals surface area contributed by atoms with Crippen molar-refractivity contribution in [1.82, 2.24) is 15.1 Å². The number of carbonyl (C=O) groups is 1. The zero-order valence-electron chi connectivity index (χ0n) is 13.2. The van der Waals surface area contributed by atoms with Crippen molar-refractivity contribution < 1.29 is 14.6 Å². The summed E-state index contributed by atoms with van der Waals surface area (Å²) in [5.41, 5.74) is -0.175. The molecule has 3 aromatic heterocycles.